The topological polar surface area (TPSA) is 60.7 Å². The van der Waals surface area contributed by atoms with E-state index < -0.39 is 11.7 Å². The number of carbonyl (C=O) groups excluding carboxylic acids is 1. The molecule has 0 aliphatic carbocycles. The van der Waals surface area contributed by atoms with E-state index in [2.05, 4.69) is 5.32 Å². The van der Waals surface area contributed by atoms with Crippen LogP contribution in [-0.4, -0.2) is 18.8 Å². The fraction of sp³-hybridized carbons (Fsp3) is 0.400. The predicted octanol–water partition coefficient (Wildman–Crippen LogP) is 3.47. The molecule has 0 spiro atoms. The van der Waals surface area contributed by atoms with Crippen LogP contribution in [0, 0.1) is 0 Å². The molecule has 0 aliphatic rings. The van der Waals surface area contributed by atoms with Crippen molar-refractivity contribution in [3.63, 3.8) is 0 Å². The molecule has 2 aromatic rings. The Morgan fingerprint density at radius 1 is 1.35 bits per heavy atom. The first-order valence-corrected chi connectivity index (χ1v) is 6.41. The number of benzene rings is 1. The Morgan fingerprint density at radius 2 is 2.10 bits per heavy atom. The highest BCUT2D eigenvalue weighted by Crippen LogP contribution is 2.28. The Bertz CT molecular complexity index is 610. The molecule has 2 rings (SSSR count). The van der Waals surface area contributed by atoms with E-state index in [0.717, 1.165) is 5.39 Å². The Hall–Kier alpha value is -2.17. The van der Waals surface area contributed by atoms with Crippen LogP contribution in [-0.2, 0) is 11.3 Å². The lowest BCUT2D eigenvalue weighted by Crippen LogP contribution is -2.32. The highest BCUT2D eigenvalue weighted by Gasteiger charge is 2.16. The van der Waals surface area contributed by atoms with Gasteiger partial charge >= 0.3 is 6.09 Å². The van der Waals surface area contributed by atoms with E-state index in [9.17, 15) is 4.79 Å². The van der Waals surface area contributed by atoms with Crippen LogP contribution < -0.4 is 10.1 Å². The molecule has 0 saturated carbocycles. The zero-order chi connectivity index (χ0) is 14.8. The third-order valence-corrected chi connectivity index (χ3v) is 2.58. The highest BCUT2D eigenvalue weighted by atomic mass is 16.6. The van der Waals surface area contributed by atoms with Gasteiger partial charge in [0.15, 0.2) is 11.3 Å². The van der Waals surface area contributed by atoms with Crippen molar-refractivity contribution in [2.45, 2.75) is 32.9 Å². The number of methoxy groups -OCH3 is 1. The van der Waals surface area contributed by atoms with Crippen LogP contribution >= 0.6 is 0 Å². The molecule has 0 saturated heterocycles. The van der Waals surface area contributed by atoms with Crippen molar-refractivity contribution in [2.75, 3.05) is 7.11 Å². The van der Waals surface area contributed by atoms with Gasteiger partial charge in [0.2, 0.25) is 0 Å². The van der Waals surface area contributed by atoms with Crippen molar-refractivity contribution in [1.29, 1.82) is 0 Å². The summed E-state index contributed by atoms with van der Waals surface area (Å²) >= 11 is 0. The van der Waals surface area contributed by atoms with Crippen molar-refractivity contribution in [3.8, 4) is 5.75 Å². The van der Waals surface area contributed by atoms with Gasteiger partial charge in [0, 0.05) is 5.39 Å². The molecule has 0 aliphatic heterocycles. The molecule has 1 N–H and O–H groups in total. The van der Waals surface area contributed by atoms with Crippen LogP contribution in [0.3, 0.4) is 0 Å². The summed E-state index contributed by atoms with van der Waals surface area (Å²) in [6.45, 7) is 5.72. The van der Waals surface area contributed by atoms with Gasteiger partial charge in [-0.25, -0.2) is 4.79 Å². The van der Waals surface area contributed by atoms with E-state index >= 15 is 0 Å². The number of rotatable bonds is 3. The fourth-order valence-electron chi connectivity index (χ4n) is 1.81. The van der Waals surface area contributed by atoms with Gasteiger partial charge in [-0.1, -0.05) is 12.1 Å². The Balaban J connectivity index is 2.06. The summed E-state index contributed by atoms with van der Waals surface area (Å²) < 4.78 is 16.1. The number of amides is 1. The zero-order valence-electron chi connectivity index (χ0n) is 12.1. The average molecular weight is 277 g/mol. The van der Waals surface area contributed by atoms with Gasteiger partial charge in [0.05, 0.1) is 13.7 Å². The Labute approximate surface area is 117 Å². The van der Waals surface area contributed by atoms with Crippen molar-refractivity contribution in [2.24, 2.45) is 0 Å². The van der Waals surface area contributed by atoms with Crippen molar-refractivity contribution in [1.82, 2.24) is 5.32 Å². The molecule has 0 bridgehead atoms. The minimum atomic E-state index is -0.513. The summed E-state index contributed by atoms with van der Waals surface area (Å²) in [6.07, 6.45) is -0.468. The summed E-state index contributed by atoms with van der Waals surface area (Å²) in [5.41, 5.74) is 0.164. The molecule has 0 atom stereocenters. The molecule has 0 fully saturated rings. The van der Waals surface area contributed by atoms with Crippen LogP contribution in [0.1, 0.15) is 26.5 Å². The van der Waals surface area contributed by atoms with Crippen molar-refractivity contribution < 1.29 is 18.7 Å². The number of ether oxygens (including phenoxy) is 2. The molecule has 5 heteroatoms. The van der Waals surface area contributed by atoms with Crippen molar-refractivity contribution in [3.05, 3.63) is 30.0 Å². The van der Waals surface area contributed by atoms with E-state index in [1.54, 1.807) is 7.11 Å². The van der Waals surface area contributed by atoms with E-state index in [4.69, 9.17) is 13.9 Å². The van der Waals surface area contributed by atoms with E-state index in [1.807, 2.05) is 45.0 Å². The second-order valence-electron chi connectivity index (χ2n) is 5.45. The standard InChI is InChI=1S/C15H19NO4/c1-15(2,3)20-14(17)16-9-11-8-10-6-5-7-12(18-4)13(10)19-11/h5-8H,9H2,1-4H3,(H,16,17). The van der Waals surface area contributed by atoms with E-state index in [0.29, 0.717) is 17.1 Å². The average Bonchev–Trinajstić information content (AvgIpc) is 2.76. The number of furan rings is 1. The summed E-state index contributed by atoms with van der Waals surface area (Å²) in [5.74, 6) is 1.32. The van der Waals surface area contributed by atoms with Gasteiger partial charge in [0.1, 0.15) is 11.4 Å². The summed E-state index contributed by atoms with van der Waals surface area (Å²) in [4.78, 5) is 11.6. The third kappa shape index (κ3) is 3.44. The number of para-hydroxylation sites is 1. The maximum absolute atomic E-state index is 11.6. The summed E-state index contributed by atoms with van der Waals surface area (Å²) in [6, 6.07) is 7.52. The van der Waals surface area contributed by atoms with Crippen LogP contribution in [0.5, 0.6) is 5.75 Å². The molecule has 108 valence electrons. The van der Waals surface area contributed by atoms with Gasteiger partial charge in [-0.15, -0.1) is 0 Å². The van der Waals surface area contributed by atoms with E-state index in [-0.39, 0.29) is 6.54 Å². The first kappa shape index (κ1) is 14.2. The normalized spacial score (nSPS) is 11.4. The van der Waals surface area contributed by atoms with Gasteiger partial charge in [-0.2, -0.15) is 0 Å². The van der Waals surface area contributed by atoms with Crippen molar-refractivity contribution >= 4 is 17.1 Å². The number of alkyl carbamates (subject to hydrolysis) is 1. The number of hydrogen-bond acceptors (Lipinski definition) is 4. The van der Waals surface area contributed by atoms with Gasteiger partial charge in [-0.3, -0.25) is 0 Å². The molecular formula is C15H19NO4. The number of fused-ring (bicyclic) bond motifs is 1. The monoisotopic (exact) mass is 277 g/mol. The van der Waals surface area contributed by atoms with Crippen LogP contribution in [0.4, 0.5) is 4.79 Å². The fourth-order valence-corrected chi connectivity index (χ4v) is 1.81. The maximum Gasteiger partial charge on any atom is 0.408 e. The quantitative estimate of drug-likeness (QED) is 0.933. The highest BCUT2D eigenvalue weighted by molar-refractivity contribution is 5.83. The maximum atomic E-state index is 11.6. The first-order chi connectivity index (χ1) is 9.39. The lowest BCUT2D eigenvalue weighted by Gasteiger charge is -2.19. The second kappa shape index (κ2) is 5.45. The van der Waals surface area contributed by atoms with Gasteiger partial charge in [-0.05, 0) is 32.9 Å². The summed E-state index contributed by atoms with van der Waals surface area (Å²) in [7, 11) is 1.59. The molecule has 1 heterocycles. The van der Waals surface area contributed by atoms with Gasteiger partial charge < -0.3 is 19.2 Å². The third-order valence-electron chi connectivity index (χ3n) is 2.58. The number of hydrogen-bond donors (Lipinski definition) is 1. The first-order valence-electron chi connectivity index (χ1n) is 6.41. The second-order valence-corrected chi connectivity index (χ2v) is 5.45. The SMILES string of the molecule is COc1cccc2cc(CNC(=O)OC(C)(C)C)oc12. The molecule has 0 radical (unpaired) electrons. The Kier molecular flexibility index (Phi) is 3.88. The minimum Gasteiger partial charge on any atom is -0.493 e. The predicted molar refractivity (Wildman–Crippen MR) is 75.8 cm³/mol. The summed E-state index contributed by atoms with van der Waals surface area (Å²) in [5, 5.41) is 3.59. The molecule has 5 nitrogen and oxygen atoms in total. The van der Waals surface area contributed by atoms with E-state index in [1.165, 1.54) is 0 Å². The molecule has 1 amide bonds. The lowest BCUT2D eigenvalue weighted by atomic mass is 10.2. The van der Waals surface area contributed by atoms with Crippen LogP contribution in [0.2, 0.25) is 0 Å². The molecule has 1 aromatic heterocycles. The van der Waals surface area contributed by atoms with Crippen LogP contribution in [0.25, 0.3) is 11.0 Å². The Morgan fingerprint density at radius 3 is 2.75 bits per heavy atom. The number of nitrogens with one attached hydrogen (secondary N) is 1. The minimum absolute atomic E-state index is 0.271. The molecule has 0 unspecified atom stereocenters. The largest absolute Gasteiger partial charge is 0.493 e. The smallest absolute Gasteiger partial charge is 0.408 e. The van der Waals surface area contributed by atoms with Gasteiger partial charge in [0.25, 0.3) is 0 Å². The lowest BCUT2D eigenvalue weighted by molar-refractivity contribution is 0.0520. The molecular weight excluding hydrogens is 258 g/mol. The zero-order valence-corrected chi connectivity index (χ0v) is 12.1. The molecule has 1 aromatic carbocycles. The molecule has 20 heavy (non-hydrogen) atoms. The van der Waals surface area contributed by atoms with Crippen LogP contribution in [0.15, 0.2) is 28.7 Å². The number of carbonyl (C=O) groups is 1.